The molecule has 0 amide bonds. The summed E-state index contributed by atoms with van der Waals surface area (Å²) in [5.41, 5.74) is 6.03. The van der Waals surface area contributed by atoms with Gasteiger partial charge in [-0.05, 0) is 37.1 Å². The molecule has 0 saturated heterocycles. The maximum atomic E-state index is 12.7. The van der Waals surface area contributed by atoms with Crippen molar-refractivity contribution in [2.75, 3.05) is 13.6 Å². The second kappa shape index (κ2) is 6.36. The lowest BCUT2D eigenvalue weighted by atomic mass is 9.87. The molecule has 0 spiro atoms. The van der Waals surface area contributed by atoms with Crippen LogP contribution in [0.4, 0.5) is 13.2 Å². The topological polar surface area (TPSA) is 29.3 Å². The van der Waals surface area contributed by atoms with Gasteiger partial charge in [-0.25, -0.2) is 0 Å². The number of hydrogen-bond acceptors (Lipinski definition) is 2. The van der Waals surface area contributed by atoms with Crippen LogP contribution in [-0.4, -0.2) is 24.5 Å². The summed E-state index contributed by atoms with van der Waals surface area (Å²) in [5.74, 6) is 0. The van der Waals surface area contributed by atoms with Crippen molar-refractivity contribution in [2.24, 2.45) is 11.1 Å². The van der Waals surface area contributed by atoms with Gasteiger partial charge in [-0.15, -0.1) is 0 Å². The summed E-state index contributed by atoms with van der Waals surface area (Å²) in [6.45, 7) is 9.00. The first-order chi connectivity index (χ1) is 9.43. The van der Waals surface area contributed by atoms with Crippen molar-refractivity contribution in [1.82, 2.24) is 4.90 Å². The Balaban J connectivity index is 2.83. The summed E-state index contributed by atoms with van der Waals surface area (Å²) in [6, 6.07) is 5.09. The summed E-state index contributed by atoms with van der Waals surface area (Å²) in [7, 11) is 1.95. The summed E-state index contributed by atoms with van der Waals surface area (Å²) in [5, 5.41) is 0. The minimum absolute atomic E-state index is 0.0856. The molecule has 0 saturated carbocycles. The van der Waals surface area contributed by atoms with Gasteiger partial charge >= 0.3 is 6.18 Å². The third-order valence-electron chi connectivity index (χ3n) is 4.04. The third kappa shape index (κ3) is 5.00. The highest BCUT2D eigenvalue weighted by atomic mass is 19.4. The molecule has 2 unspecified atom stereocenters. The molecule has 0 aromatic heterocycles. The van der Waals surface area contributed by atoms with E-state index in [-0.39, 0.29) is 11.5 Å². The molecule has 0 radical (unpaired) electrons. The van der Waals surface area contributed by atoms with Crippen molar-refractivity contribution in [3.05, 3.63) is 35.4 Å². The zero-order chi connectivity index (χ0) is 16.4. The Labute approximate surface area is 125 Å². The smallest absolute Gasteiger partial charge is 0.323 e. The Kier molecular flexibility index (Phi) is 5.45. The van der Waals surface area contributed by atoms with E-state index in [1.165, 1.54) is 6.07 Å². The Morgan fingerprint density at radius 3 is 2.24 bits per heavy atom. The monoisotopic (exact) mass is 302 g/mol. The molecule has 1 aromatic rings. The molecule has 0 aliphatic rings. The van der Waals surface area contributed by atoms with E-state index in [9.17, 15) is 13.2 Å². The number of alkyl halides is 3. The van der Waals surface area contributed by atoms with Crippen LogP contribution in [0, 0.1) is 5.41 Å². The van der Waals surface area contributed by atoms with Crippen LogP contribution in [0.15, 0.2) is 24.3 Å². The Hall–Kier alpha value is -1.07. The minimum atomic E-state index is -4.33. The molecule has 2 N–H and O–H groups in total. The van der Waals surface area contributed by atoms with Crippen LogP contribution < -0.4 is 5.73 Å². The summed E-state index contributed by atoms with van der Waals surface area (Å²) in [4.78, 5) is 2.09. The molecule has 0 aliphatic carbocycles. The van der Waals surface area contributed by atoms with E-state index in [4.69, 9.17) is 5.73 Å². The first-order valence-corrected chi connectivity index (χ1v) is 7.06. The lowest BCUT2D eigenvalue weighted by Crippen LogP contribution is -2.42. The molecule has 0 heterocycles. The zero-order valence-electron chi connectivity index (χ0n) is 13.3. The van der Waals surface area contributed by atoms with Crippen LogP contribution in [0.25, 0.3) is 0 Å². The Morgan fingerprint density at radius 1 is 1.19 bits per heavy atom. The number of halogens is 3. The summed E-state index contributed by atoms with van der Waals surface area (Å²) in [6.07, 6.45) is -4.33. The number of nitrogens with zero attached hydrogens (tertiary/aromatic N) is 1. The van der Waals surface area contributed by atoms with Crippen molar-refractivity contribution in [3.63, 3.8) is 0 Å². The van der Waals surface area contributed by atoms with Gasteiger partial charge in [0.1, 0.15) is 0 Å². The molecule has 1 rings (SSSR count). The van der Waals surface area contributed by atoms with Crippen molar-refractivity contribution in [1.29, 1.82) is 0 Å². The van der Waals surface area contributed by atoms with E-state index in [1.807, 2.05) is 7.05 Å². The lowest BCUT2D eigenvalue weighted by Gasteiger charge is -2.36. The van der Waals surface area contributed by atoms with Gasteiger partial charge in [0.15, 0.2) is 0 Å². The fourth-order valence-electron chi connectivity index (χ4n) is 2.18. The number of likely N-dealkylation sites (N-methyl/N-ethyl adjacent to an activating group) is 1. The first-order valence-electron chi connectivity index (χ1n) is 7.06. The normalized spacial score (nSPS) is 16.1. The van der Waals surface area contributed by atoms with Crippen molar-refractivity contribution < 1.29 is 13.2 Å². The van der Waals surface area contributed by atoms with E-state index >= 15 is 0 Å². The molecular formula is C16H25F3N2. The third-order valence-corrected chi connectivity index (χ3v) is 4.04. The molecule has 2 atom stereocenters. The molecule has 1 aromatic carbocycles. The summed E-state index contributed by atoms with van der Waals surface area (Å²) >= 11 is 0. The molecular weight excluding hydrogens is 277 g/mol. The van der Waals surface area contributed by atoms with Crippen LogP contribution in [0.5, 0.6) is 0 Å². The molecule has 5 heteroatoms. The maximum Gasteiger partial charge on any atom is 0.416 e. The SMILES string of the molecule is CC(N(C)CC(N)c1cccc(C(F)(F)F)c1)C(C)(C)C. The van der Waals surface area contributed by atoms with E-state index in [0.29, 0.717) is 12.1 Å². The second-order valence-corrected chi connectivity index (χ2v) is 6.71. The molecule has 21 heavy (non-hydrogen) atoms. The highest BCUT2D eigenvalue weighted by Crippen LogP contribution is 2.31. The highest BCUT2D eigenvalue weighted by Gasteiger charge is 2.31. The maximum absolute atomic E-state index is 12.7. The minimum Gasteiger partial charge on any atom is -0.323 e. The van der Waals surface area contributed by atoms with Crippen molar-refractivity contribution in [2.45, 2.75) is 46.0 Å². The van der Waals surface area contributed by atoms with E-state index in [2.05, 4.69) is 32.6 Å². The predicted molar refractivity (Wildman–Crippen MR) is 79.9 cm³/mol. The van der Waals surface area contributed by atoms with Gasteiger partial charge in [0.25, 0.3) is 0 Å². The molecule has 2 nitrogen and oxygen atoms in total. The lowest BCUT2D eigenvalue weighted by molar-refractivity contribution is -0.137. The van der Waals surface area contributed by atoms with Gasteiger partial charge < -0.3 is 10.6 Å². The van der Waals surface area contributed by atoms with Crippen LogP contribution in [0.1, 0.15) is 44.9 Å². The Bertz CT molecular complexity index is 463. The number of hydrogen-bond donors (Lipinski definition) is 1. The predicted octanol–water partition coefficient (Wildman–Crippen LogP) is 4.07. The zero-order valence-corrected chi connectivity index (χ0v) is 13.3. The highest BCUT2D eigenvalue weighted by molar-refractivity contribution is 5.28. The van der Waals surface area contributed by atoms with E-state index in [1.54, 1.807) is 6.07 Å². The number of benzene rings is 1. The van der Waals surface area contributed by atoms with Gasteiger partial charge in [-0.1, -0.05) is 32.9 Å². The molecule has 0 bridgehead atoms. The number of nitrogens with two attached hydrogens (primary N) is 1. The van der Waals surface area contributed by atoms with Crippen LogP contribution >= 0.6 is 0 Å². The average Bonchev–Trinajstić information content (AvgIpc) is 2.35. The van der Waals surface area contributed by atoms with Crippen LogP contribution in [0.3, 0.4) is 0 Å². The van der Waals surface area contributed by atoms with Gasteiger partial charge in [0.2, 0.25) is 0 Å². The molecule has 0 aliphatic heterocycles. The first kappa shape index (κ1) is 18.0. The van der Waals surface area contributed by atoms with Gasteiger partial charge in [0, 0.05) is 18.6 Å². The largest absolute Gasteiger partial charge is 0.416 e. The van der Waals surface area contributed by atoms with Crippen LogP contribution in [0.2, 0.25) is 0 Å². The van der Waals surface area contributed by atoms with Crippen molar-refractivity contribution in [3.8, 4) is 0 Å². The van der Waals surface area contributed by atoms with E-state index in [0.717, 1.165) is 12.1 Å². The summed E-state index contributed by atoms with van der Waals surface area (Å²) < 4.78 is 38.2. The second-order valence-electron chi connectivity index (χ2n) is 6.71. The fourth-order valence-corrected chi connectivity index (χ4v) is 2.18. The number of rotatable bonds is 4. The van der Waals surface area contributed by atoms with Gasteiger partial charge in [-0.3, -0.25) is 0 Å². The van der Waals surface area contributed by atoms with Gasteiger partial charge in [-0.2, -0.15) is 13.2 Å². The molecule has 0 fully saturated rings. The van der Waals surface area contributed by atoms with Gasteiger partial charge in [0.05, 0.1) is 5.56 Å². The average molecular weight is 302 g/mol. The van der Waals surface area contributed by atoms with Crippen molar-refractivity contribution >= 4 is 0 Å². The molecule has 120 valence electrons. The fraction of sp³-hybridized carbons (Fsp3) is 0.625. The quantitative estimate of drug-likeness (QED) is 0.908. The van der Waals surface area contributed by atoms with Crippen LogP contribution in [-0.2, 0) is 6.18 Å². The Morgan fingerprint density at radius 2 is 1.76 bits per heavy atom. The van der Waals surface area contributed by atoms with E-state index < -0.39 is 17.8 Å². The standard InChI is InChI=1S/C16H25F3N2/c1-11(15(2,3)4)21(5)10-14(20)12-7-6-8-13(9-12)16(17,18)19/h6-9,11,14H,10,20H2,1-5H3.